The molecule has 0 aliphatic carbocycles. The molecule has 2 aromatic rings. The topological polar surface area (TPSA) is 616 Å². The predicted molar refractivity (Wildman–Crippen MR) is 375 cm³/mol. The van der Waals surface area contributed by atoms with E-state index in [2.05, 4.69) is 47.5 Å². The van der Waals surface area contributed by atoms with Crippen molar-refractivity contribution in [1.82, 2.24) is 53.2 Å². The molecule has 0 saturated carbocycles. The summed E-state index contributed by atoms with van der Waals surface area (Å²) in [7, 11) is 0. The van der Waals surface area contributed by atoms with Crippen molar-refractivity contribution in [2.75, 3.05) is 19.7 Å². The number of nitrogens with zero attached hydrogens (tertiary/aromatic N) is 1. The molecule has 1 saturated heterocycles. The number of cyclic esters (lactones) is 1. The summed E-state index contributed by atoms with van der Waals surface area (Å²) in [5.41, 5.74) is 23.6. The van der Waals surface area contributed by atoms with Crippen LogP contribution in [0.5, 0.6) is 0 Å². The van der Waals surface area contributed by atoms with Crippen LogP contribution in [0.25, 0.3) is 0 Å². The first-order valence-electron chi connectivity index (χ1n) is 34.3. The van der Waals surface area contributed by atoms with Gasteiger partial charge in [-0.25, -0.2) is 14.4 Å². The predicted octanol–water partition coefficient (Wildman–Crippen LogP) is -3.61. The molecule has 0 bridgehead atoms. The van der Waals surface area contributed by atoms with Crippen molar-refractivity contribution in [2.45, 2.75) is 211 Å². The number of alkyl halides is 6. The number of esters is 1. The highest BCUT2D eigenvalue weighted by molar-refractivity contribution is 6.00. The first kappa shape index (κ1) is 97.6. The summed E-state index contributed by atoms with van der Waals surface area (Å²) < 4.78 is 75.3. The van der Waals surface area contributed by atoms with Crippen molar-refractivity contribution in [3.8, 4) is 0 Å². The van der Waals surface area contributed by atoms with E-state index in [0.717, 1.165) is 12.5 Å². The minimum atomic E-state index is -5.08. The number of hydrogen-bond donors (Lipinski definition) is 20. The molecule has 0 aromatic heterocycles. The van der Waals surface area contributed by atoms with Gasteiger partial charge >= 0.3 is 30.3 Å². The molecule has 1 aliphatic heterocycles. The zero-order valence-electron chi connectivity index (χ0n) is 61.8. The average molecular weight is 1580 g/mol. The highest BCUT2D eigenvalue weighted by atomic mass is 19.4. The number of nitrogens with one attached hydrogen (secondary N) is 10. The molecule has 2 unspecified atom stereocenters. The second-order valence-electron chi connectivity index (χ2n) is 26.5. The zero-order chi connectivity index (χ0) is 84.4. The second kappa shape index (κ2) is 46.9. The highest BCUT2D eigenvalue weighted by Crippen LogP contribution is 2.25. The van der Waals surface area contributed by atoms with Gasteiger partial charge in [-0.15, -0.1) is 0 Å². The van der Waals surface area contributed by atoms with E-state index in [1.165, 1.54) is 51.1 Å². The van der Waals surface area contributed by atoms with E-state index < -0.39 is 217 Å². The molecule has 1 aliphatic rings. The van der Waals surface area contributed by atoms with E-state index in [9.17, 15) is 99.5 Å². The lowest BCUT2D eigenvalue weighted by Gasteiger charge is -2.34. The minimum absolute atomic E-state index is 0.0379. The van der Waals surface area contributed by atoms with Crippen molar-refractivity contribution in [1.29, 1.82) is 0 Å². The number of aliphatic imine (C=N–C) groups is 1. The number of ether oxygens (including phenoxy) is 2. The van der Waals surface area contributed by atoms with Crippen molar-refractivity contribution >= 4 is 88.8 Å². The molecule has 11 amide bonds. The van der Waals surface area contributed by atoms with Gasteiger partial charge in [0.1, 0.15) is 54.4 Å². The van der Waals surface area contributed by atoms with Gasteiger partial charge in [0.25, 0.3) is 0 Å². The molecule has 1 fully saturated rings. The van der Waals surface area contributed by atoms with Gasteiger partial charge in [0.05, 0.1) is 38.1 Å². The smallest absolute Gasteiger partial charge is 0.475 e. The fraction of sp³-hybridized carbons (Fsp3) is 0.597. The van der Waals surface area contributed by atoms with E-state index >= 15 is 4.79 Å². The summed E-state index contributed by atoms with van der Waals surface area (Å²) in [5, 5.41) is 82.5. The Morgan fingerprint density at radius 1 is 0.627 bits per heavy atom. The largest absolute Gasteiger partial charge is 0.490 e. The number of carbonyl (C=O) groups excluding carboxylic acids is 12. The number of halogens is 6. The molecule has 16 atom stereocenters. The molecule has 37 nitrogen and oxygen atoms in total. The fourth-order valence-electron chi connectivity index (χ4n) is 9.74. The normalized spacial score (nSPS) is 22.5. The van der Waals surface area contributed by atoms with Gasteiger partial charge in [-0.3, -0.25) is 57.7 Å². The van der Waals surface area contributed by atoms with E-state index in [1.54, 1.807) is 71.9 Å². The zero-order valence-corrected chi connectivity index (χ0v) is 61.8. The second-order valence-corrected chi connectivity index (χ2v) is 26.5. The van der Waals surface area contributed by atoms with Crippen LogP contribution in [0.3, 0.4) is 0 Å². The Bertz CT molecular complexity index is 3410. The van der Waals surface area contributed by atoms with Crippen LogP contribution >= 0.6 is 0 Å². The third kappa shape index (κ3) is 34.5. The summed E-state index contributed by atoms with van der Waals surface area (Å²) in [6.45, 7) is 13.2. The number of carbonyl (C=O) groups is 14. The van der Waals surface area contributed by atoms with Crippen LogP contribution in [0.15, 0.2) is 65.7 Å². The monoisotopic (exact) mass is 1580 g/mol. The van der Waals surface area contributed by atoms with E-state index in [0.29, 0.717) is 0 Å². The third-order valence-electron chi connectivity index (χ3n) is 16.0. The lowest BCUT2D eigenvalue weighted by Crippen LogP contribution is -2.64. The van der Waals surface area contributed by atoms with Crippen molar-refractivity contribution in [2.24, 2.45) is 51.6 Å². The van der Waals surface area contributed by atoms with E-state index in [-0.39, 0.29) is 62.7 Å². The molecule has 24 N–H and O–H groups in total. The van der Waals surface area contributed by atoms with E-state index in [1.807, 2.05) is 10.6 Å². The van der Waals surface area contributed by atoms with Crippen molar-refractivity contribution in [3.63, 3.8) is 0 Å². The van der Waals surface area contributed by atoms with Crippen LogP contribution in [0.2, 0.25) is 0 Å². The van der Waals surface area contributed by atoms with Gasteiger partial charge in [-0.2, -0.15) is 26.3 Å². The first-order valence-corrected chi connectivity index (χ1v) is 34.3. The maximum Gasteiger partial charge on any atom is 0.490 e. The number of carboxylic acids is 2. The Morgan fingerprint density at radius 2 is 1.12 bits per heavy atom. The highest BCUT2D eigenvalue weighted by Gasteiger charge is 2.45. The Morgan fingerprint density at radius 3 is 1.60 bits per heavy atom. The maximum absolute atomic E-state index is 15.5. The third-order valence-corrected chi connectivity index (χ3v) is 16.0. The number of rotatable bonds is 25. The molecule has 110 heavy (non-hydrogen) atoms. The number of primary amides is 1. The Hall–Kier alpha value is -10.4. The number of guanidine groups is 1. The van der Waals surface area contributed by atoms with Crippen LogP contribution in [0.1, 0.15) is 119 Å². The fourth-order valence-corrected chi connectivity index (χ4v) is 9.74. The Balaban J connectivity index is 0.00000391. The van der Waals surface area contributed by atoms with Crippen molar-refractivity contribution in [3.05, 3.63) is 71.8 Å². The molecule has 3 rings (SSSR count). The molecule has 43 heteroatoms. The number of aliphatic carboxylic acids is 2. The Labute approximate surface area is 628 Å². The average Bonchev–Trinajstić information content (AvgIpc) is 0.807. The van der Waals surface area contributed by atoms with Gasteiger partial charge in [-0.05, 0) is 74.3 Å². The Kier molecular flexibility index (Phi) is 41.6. The van der Waals surface area contributed by atoms with Gasteiger partial charge in [-0.1, -0.05) is 122 Å². The number of aliphatic hydroxyl groups is 4. The summed E-state index contributed by atoms with van der Waals surface area (Å²) in [4.78, 5) is 193. The summed E-state index contributed by atoms with van der Waals surface area (Å²) in [6, 6.07) is -2.33. The van der Waals surface area contributed by atoms with Gasteiger partial charge < -0.3 is 116 Å². The standard InChI is InChI=1S/C63H99N15O18.2C2HF3O2/c1-11-33(8)44-58(90)76-45(34(9)80)57(89)69-27-42(81)74-47(50(83)52(65)84)60(92)73-41(28-79)62(94)96-51(37-21-16-13-17-22-37)48(78-55(87)40(26-31(4)5)71-56(88)43(64)35(10)95-29-36-19-14-12-15-20-36)61(93)77-46(49(82)32(6)7)59(91)72-39(25-30(2)3)54(86)70-38(53(85)75-44)23-18-24-68-63(66)67;2*3-2(4,5)1(6)7/h12-17,19-22,30-35,38-41,43-51,79-80,82-83H,11,18,23-29,64H2,1-10H3,(H2,65,84)(H,69,89)(H,70,86)(H,71,88)(H,72,91)(H,73,92)(H,74,81)(H,75,85)(H,76,90)(H,77,93)(H,78,87)(H4,66,67,68);2*(H,6,7)/t33-,34-,35-,38+,39-,40-,41-,43+,44?,45?,46-,47-,48-,49+,50-,51+;;/m0../s1. The van der Waals surface area contributed by atoms with Gasteiger partial charge in [0, 0.05) is 6.54 Å². The van der Waals surface area contributed by atoms with Crippen LogP contribution in [0, 0.1) is 23.7 Å². The number of nitrogens with two attached hydrogens (primary N) is 4. The lowest BCUT2D eigenvalue weighted by molar-refractivity contribution is -0.193. The number of amides is 11. The van der Waals surface area contributed by atoms with Crippen molar-refractivity contribution < 1.29 is 134 Å². The molecular weight excluding hydrogens is 1480 g/mol. The van der Waals surface area contributed by atoms with Crippen LogP contribution in [-0.4, -0.2) is 236 Å². The summed E-state index contributed by atoms with van der Waals surface area (Å²) >= 11 is 0. The molecular formula is C67H101F6N15O22. The van der Waals surface area contributed by atoms with Gasteiger partial charge in [0.15, 0.2) is 24.2 Å². The number of aliphatic hydroxyl groups excluding tert-OH is 4. The SMILES string of the molecule is CC[C@H](C)C1NC(=O)[C@@H](CCCN=C(N)N)NC(=O)[C@H](CC(C)C)NC(=O)[C@H]([C@H](O)C(C)C)NC(=O)[C@@H](NC(=O)[C@H](CC(C)C)NC(=O)[C@H](N)[C@H](C)OCc2ccccc2)[C@@H](c2ccccc2)OC(=O)[C@H](CO)NC(=O)[C@H]([C@H](O)C(N)=O)NC(=O)CNC(=O)C([C@H](C)O)NC1=O.O=C(O)C(F)(F)F.O=C(O)C(F)(F)F. The van der Waals surface area contributed by atoms with Crippen LogP contribution in [-0.2, 0) is 83.2 Å². The summed E-state index contributed by atoms with van der Waals surface area (Å²) in [5.74, 6) is -23.0. The van der Waals surface area contributed by atoms with E-state index in [4.69, 9.17) is 52.2 Å². The summed E-state index contributed by atoms with van der Waals surface area (Å²) in [6.07, 6.45) is -19.5. The lowest BCUT2D eigenvalue weighted by atomic mass is 9.95. The first-order chi connectivity index (χ1) is 51.0. The molecule has 0 radical (unpaired) electrons. The minimum Gasteiger partial charge on any atom is -0.475 e. The van der Waals surface area contributed by atoms with Crippen LogP contribution in [0.4, 0.5) is 26.3 Å². The number of carboxylic acid groups (broad SMARTS) is 2. The number of benzene rings is 2. The quantitative estimate of drug-likeness (QED) is 0.0150. The molecule has 1 heterocycles. The molecule has 618 valence electrons. The maximum atomic E-state index is 15.5. The van der Waals surface area contributed by atoms with Crippen LogP contribution < -0.4 is 76.1 Å². The molecule has 2 aromatic carbocycles. The molecule has 0 spiro atoms. The van der Waals surface area contributed by atoms with Gasteiger partial charge in [0.2, 0.25) is 65.0 Å². The number of hydrogen-bond acceptors (Lipinski definition) is 22.